The number of hydrogen-bond donors (Lipinski definition) is 1. The molecule has 1 aliphatic rings. The highest BCUT2D eigenvalue weighted by molar-refractivity contribution is 4.89. The van der Waals surface area contributed by atoms with Gasteiger partial charge in [-0.2, -0.15) is 0 Å². The van der Waals surface area contributed by atoms with E-state index in [1.807, 2.05) is 0 Å². The zero-order valence-corrected chi connectivity index (χ0v) is 10.8. The van der Waals surface area contributed by atoms with Crippen LogP contribution in [0.4, 0.5) is 0 Å². The molecule has 90 valence electrons. The van der Waals surface area contributed by atoms with Gasteiger partial charge < -0.3 is 10.1 Å². The number of methoxy groups -OCH3 is 1. The van der Waals surface area contributed by atoms with Crippen LogP contribution >= 0.6 is 0 Å². The first kappa shape index (κ1) is 13.0. The predicted octanol–water partition coefficient (Wildman–Crippen LogP) is 2.83. The average molecular weight is 213 g/mol. The molecule has 0 aliphatic heterocycles. The molecule has 15 heavy (non-hydrogen) atoms. The SMILES string of the molecule is CCC1(CNC(COC)C(C)C)CCC1. The number of hydrogen-bond acceptors (Lipinski definition) is 2. The molecule has 0 saturated heterocycles. The molecule has 1 fully saturated rings. The first-order valence-electron chi connectivity index (χ1n) is 6.36. The van der Waals surface area contributed by atoms with Crippen LogP contribution < -0.4 is 5.32 Å². The van der Waals surface area contributed by atoms with Crippen LogP contribution in [-0.2, 0) is 4.74 Å². The third-order valence-corrected chi connectivity index (χ3v) is 4.05. The minimum absolute atomic E-state index is 0.513. The molecule has 0 aromatic heterocycles. The minimum Gasteiger partial charge on any atom is -0.383 e. The maximum atomic E-state index is 5.25. The molecule has 1 unspecified atom stereocenters. The molecule has 1 atom stereocenters. The van der Waals surface area contributed by atoms with Crippen LogP contribution in [-0.4, -0.2) is 26.3 Å². The summed E-state index contributed by atoms with van der Waals surface area (Å²) in [6.45, 7) is 8.85. The summed E-state index contributed by atoms with van der Waals surface area (Å²) in [5, 5.41) is 3.69. The average Bonchev–Trinajstić information content (AvgIpc) is 2.14. The molecule has 0 heterocycles. The van der Waals surface area contributed by atoms with Crippen molar-refractivity contribution in [1.82, 2.24) is 5.32 Å². The standard InChI is InChI=1S/C13H27NO/c1-5-13(7-6-8-13)10-14-12(9-15-4)11(2)3/h11-12,14H,5-10H2,1-4H3. The number of nitrogens with one attached hydrogen (secondary N) is 1. The van der Waals surface area contributed by atoms with Gasteiger partial charge in [0.2, 0.25) is 0 Å². The van der Waals surface area contributed by atoms with Gasteiger partial charge in [0.25, 0.3) is 0 Å². The van der Waals surface area contributed by atoms with Crippen molar-refractivity contribution in [3.63, 3.8) is 0 Å². The first-order chi connectivity index (χ1) is 7.13. The molecule has 2 nitrogen and oxygen atoms in total. The van der Waals surface area contributed by atoms with Gasteiger partial charge in [-0.3, -0.25) is 0 Å². The van der Waals surface area contributed by atoms with E-state index < -0.39 is 0 Å². The molecular formula is C13H27NO. The van der Waals surface area contributed by atoms with Gasteiger partial charge in [-0.25, -0.2) is 0 Å². The lowest BCUT2D eigenvalue weighted by atomic mass is 9.67. The van der Waals surface area contributed by atoms with Crippen LogP contribution in [0, 0.1) is 11.3 Å². The summed E-state index contributed by atoms with van der Waals surface area (Å²) in [6.07, 6.45) is 5.56. The van der Waals surface area contributed by atoms with E-state index in [1.54, 1.807) is 7.11 Å². The third-order valence-electron chi connectivity index (χ3n) is 4.05. The summed E-state index contributed by atoms with van der Waals surface area (Å²) in [5.41, 5.74) is 0.612. The lowest BCUT2D eigenvalue weighted by Crippen LogP contribution is -2.46. The summed E-state index contributed by atoms with van der Waals surface area (Å²) in [6, 6.07) is 0.513. The Labute approximate surface area is 94.8 Å². The Hall–Kier alpha value is -0.0800. The Balaban J connectivity index is 2.32. The second kappa shape index (κ2) is 5.86. The van der Waals surface area contributed by atoms with E-state index in [-0.39, 0.29) is 0 Å². The molecule has 0 bridgehead atoms. The maximum Gasteiger partial charge on any atom is 0.0618 e. The first-order valence-corrected chi connectivity index (χ1v) is 6.36. The van der Waals surface area contributed by atoms with Gasteiger partial charge in [0, 0.05) is 19.7 Å². The predicted molar refractivity (Wildman–Crippen MR) is 65.1 cm³/mol. The van der Waals surface area contributed by atoms with Crippen molar-refractivity contribution in [2.24, 2.45) is 11.3 Å². The molecular weight excluding hydrogens is 186 g/mol. The van der Waals surface area contributed by atoms with E-state index in [0.29, 0.717) is 17.4 Å². The Morgan fingerprint density at radius 3 is 2.33 bits per heavy atom. The summed E-state index contributed by atoms with van der Waals surface area (Å²) >= 11 is 0. The number of ether oxygens (including phenoxy) is 1. The highest BCUT2D eigenvalue weighted by atomic mass is 16.5. The van der Waals surface area contributed by atoms with Crippen LogP contribution in [0.15, 0.2) is 0 Å². The van der Waals surface area contributed by atoms with Crippen LogP contribution in [0.25, 0.3) is 0 Å². The second-order valence-electron chi connectivity index (χ2n) is 5.39. The maximum absolute atomic E-state index is 5.25. The van der Waals surface area contributed by atoms with Crippen molar-refractivity contribution in [2.75, 3.05) is 20.3 Å². The van der Waals surface area contributed by atoms with Gasteiger partial charge in [0.1, 0.15) is 0 Å². The lowest BCUT2D eigenvalue weighted by molar-refractivity contribution is 0.0942. The highest BCUT2D eigenvalue weighted by Gasteiger charge is 2.35. The van der Waals surface area contributed by atoms with Gasteiger partial charge in [-0.05, 0) is 30.6 Å². The zero-order valence-electron chi connectivity index (χ0n) is 10.8. The summed E-state index contributed by atoms with van der Waals surface area (Å²) < 4.78 is 5.25. The molecule has 0 aromatic rings. The van der Waals surface area contributed by atoms with Gasteiger partial charge in [-0.15, -0.1) is 0 Å². The van der Waals surface area contributed by atoms with Crippen molar-refractivity contribution in [1.29, 1.82) is 0 Å². The van der Waals surface area contributed by atoms with Crippen LogP contribution in [0.1, 0.15) is 46.5 Å². The van der Waals surface area contributed by atoms with Gasteiger partial charge >= 0.3 is 0 Å². The lowest BCUT2D eigenvalue weighted by Gasteiger charge is -2.42. The third kappa shape index (κ3) is 3.46. The van der Waals surface area contributed by atoms with Crippen molar-refractivity contribution in [2.45, 2.75) is 52.5 Å². The molecule has 1 N–H and O–H groups in total. The molecule has 0 spiro atoms. The van der Waals surface area contributed by atoms with E-state index in [0.717, 1.165) is 6.61 Å². The summed E-state index contributed by atoms with van der Waals surface area (Å²) in [5.74, 6) is 0.652. The zero-order chi connectivity index (χ0) is 11.3. The molecule has 1 saturated carbocycles. The van der Waals surface area contributed by atoms with E-state index in [2.05, 4.69) is 26.1 Å². The fraction of sp³-hybridized carbons (Fsp3) is 1.00. The summed E-state index contributed by atoms with van der Waals surface area (Å²) in [4.78, 5) is 0. The molecule has 0 aromatic carbocycles. The monoisotopic (exact) mass is 213 g/mol. The second-order valence-corrected chi connectivity index (χ2v) is 5.39. The van der Waals surface area contributed by atoms with Gasteiger partial charge in [0.05, 0.1) is 6.61 Å². The molecule has 1 rings (SSSR count). The van der Waals surface area contributed by atoms with Crippen molar-refractivity contribution in [3.8, 4) is 0 Å². The Bertz CT molecular complexity index is 170. The van der Waals surface area contributed by atoms with Gasteiger partial charge in [-0.1, -0.05) is 27.2 Å². The van der Waals surface area contributed by atoms with Crippen LogP contribution in [0.3, 0.4) is 0 Å². The normalized spacial score (nSPS) is 21.4. The fourth-order valence-electron chi connectivity index (χ4n) is 2.35. The van der Waals surface area contributed by atoms with Crippen LogP contribution in [0.2, 0.25) is 0 Å². The van der Waals surface area contributed by atoms with Crippen molar-refractivity contribution in [3.05, 3.63) is 0 Å². The molecule has 0 amide bonds. The number of rotatable bonds is 7. The van der Waals surface area contributed by atoms with Crippen molar-refractivity contribution >= 4 is 0 Å². The fourth-order valence-corrected chi connectivity index (χ4v) is 2.35. The quantitative estimate of drug-likeness (QED) is 0.702. The Morgan fingerprint density at radius 1 is 1.33 bits per heavy atom. The van der Waals surface area contributed by atoms with E-state index in [1.165, 1.54) is 32.2 Å². The Morgan fingerprint density at radius 2 is 2.00 bits per heavy atom. The molecule has 1 aliphatic carbocycles. The largest absolute Gasteiger partial charge is 0.383 e. The van der Waals surface area contributed by atoms with Crippen molar-refractivity contribution < 1.29 is 4.74 Å². The molecule has 0 radical (unpaired) electrons. The topological polar surface area (TPSA) is 21.3 Å². The van der Waals surface area contributed by atoms with E-state index >= 15 is 0 Å². The minimum atomic E-state index is 0.513. The Kier molecular flexibility index (Phi) is 5.07. The molecule has 2 heteroatoms. The smallest absolute Gasteiger partial charge is 0.0618 e. The van der Waals surface area contributed by atoms with E-state index in [9.17, 15) is 0 Å². The summed E-state index contributed by atoms with van der Waals surface area (Å²) in [7, 11) is 1.79. The highest BCUT2D eigenvalue weighted by Crippen LogP contribution is 2.43. The van der Waals surface area contributed by atoms with Crippen LogP contribution in [0.5, 0.6) is 0 Å². The van der Waals surface area contributed by atoms with Gasteiger partial charge in [0.15, 0.2) is 0 Å². The van der Waals surface area contributed by atoms with E-state index in [4.69, 9.17) is 4.74 Å².